The van der Waals surface area contributed by atoms with Crippen molar-refractivity contribution >= 4 is 12.1 Å². The highest BCUT2D eigenvalue weighted by atomic mass is 16.6. The van der Waals surface area contributed by atoms with Gasteiger partial charge in [0.05, 0.1) is 6.61 Å². The molecule has 0 aromatic rings. The third kappa shape index (κ3) is 8.30. The van der Waals surface area contributed by atoms with Crippen LogP contribution >= 0.6 is 0 Å². The minimum absolute atomic E-state index is 0.115. The molecule has 17 heavy (non-hydrogen) atoms. The molecular weight excluding hydrogens is 222 g/mol. The van der Waals surface area contributed by atoms with E-state index in [1.807, 2.05) is 0 Å². The molecule has 0 aliphatic carbocycles. The Morgan fingerprint density at radius 1 is 1.35 bits per heavy atom. The van der Waals surface area contributed by atoms with E-state index in [4.69, 9.17) is 4.74 Å². The molecule has 5 heteroatoms. The Morgan fingerprint density at radius 2 is 2.06 bits per heavy atom. The van der Waals surface area contributed by atoms with Gasteiger partial charge < -0.3 is 14.8 Å². The second-order valence-electron chi connectivity index (χ2n) is 3.63. The van der Waals surface area contributed by atoms with Crippen LogP contribution in [0.15, 0.2) is 12.7 Å². The zero-order chi connectivity index (χ0) is 13.1. The van der Waals surface area contributed by atoms with E-state index >= 15 is 0 Å². The van der Waals surface area contributed by atoms with Gasteiger partial charge in [-0.25, -0.2) is 9.59 Å². The molecule has 0 aromatic heterocycles. The first-order chi connectivity index (χ1) is 8.11. The molecule has 0 aromatic carbocycles. The molecule has 0 heterocycles. The molecule has 0 saturated heterocycles. The van der Waals surface area contributed by atoms with Crippen molar-refractivity contribution in [1.29, 1.82) is 0 Å². The van der Waals surface area contributed by atoms with E-state index in [0.717, 1.165) is 19.3 Å². The number of ether oxygens (including phenoxy) is 2. The Balaban J connectivity index is 3.72. The molecule has 1 amide bonds. The fourth-order valence-corrected chi connectivity index (χ4v) is 1.06. The number of esters is 1. The molecule has 1 unspecified atom stereocenters. The molecule has 1 atom stereocenters. The molecule has 5 nitrogen and oxygen atoms in total. The average Bonchev–Trinajstić information content (AvgIpc) is 2.31. The first-order valence-corrected chi connectivity index (χ1v) is 5.82. The van der Waals surface area contributed by atoms with E-state index in [1.54, 1.807) is 6.92 Å². The SMILES string of the molecule is C=CCOC(=O)NC(C)C(=O)OCCCCC. The third-order valence-electron chi connectivity index (χ3n) is 2.01. The lowest BCUT2D eigenvalue weighted by molar-refractivity contribution is -0.145. The molecule has 0 saturated carbocycles. The Kier molecular flexibility index (Phi) is 8.82. The van der Waals surface area contributed by atoms with E-state index < -0.39 is 18.1 Å². The van der Waals surface area contributed by atoms with E-state index in [1.165, 1.54) is 6.08 Å². The lowest BCUT2D eigenvalue weighted by atomic mass is 10.3. The van der Waals surface area contributed by atoms with Gasteiger partial charge in [-0.15, -0.1) is 0 Å². The highest BCUT2D eigenvalue weighted by Gasteiger charge is 2.17. The van der Waals surface area contributed by atoms with E-state index in [-0.39, 0.29) is 6.61 Å². The summed E-state index contributed by atoms with van der Waals surface area (Å²) in [6, 6.07) is -0.700. The van der Waals surface area contributed by atoms with Crippen LogP contribution in [0.4, 0.5) is 4.79 Å². The van der Waals surface area contributed by atoms with Crippen molar-refractivity contribution in [3.8, 4) is 0 Å². The molecule has 0 bridgehead atoms. The third-order valence-corrected chi connectivity index (χ3v) is 2.01. The average molecular weight is 243 g/mol. The van der Waals surface area contributed by atoms with Crippen LogP contribution in [-0.2, 0) is 14.3 Å². The summed E-state index contributed by atoms with van der Waals surface area (Å²) >= 11 is 0. The summed E-state index contributed by atoms with van der Waals surface area (Å²) in [5.74, 6) is -0.448. The number of hydrogen-bond donors (Lipinski definition) is 1. The van der Waals surface area contributed by atoms with Crippen molar-refractivity contribution in [1.82, 2.24) is 5.32 Å². The second-order valence-corrected chi connectivity index (χ2v) is 3.63. The Hall–Kier alpha value is -1.52. The molecule has 0 spiro atoms. The number of nitrogens with one attached hydrogen (secondary N) is 1. The number of rotatable bonds is 8. The number of alkyl carbamates (subject to hydrolysis) is 1. The van der Waals surface area contributed by atoms with Gasteiger partial charge in [-0.3, -0.25) is 0 Å². The van der Waals surface area contributed by atoms with Crippen LogP contribution < -0.4 is 5.32 Å². The first kappa shape index (κ1) is 15.5. The van der Waals surface area contributed by atoms with Crippen LogP contribution in [0.25, 0.3) is 0 Å². The van der Waals surface area contributed by atoms with E-state index in [2.05, 4.69) is 23.6 Å². The normalized spacial score (nSPS) is 11.4. The first-order valence-electron chi connectivity index (χ1n) is 5.82. The van der Waals surface area contributed by atoms with Gasteiger partial charge in [0.1, 0.15) is 12.6 Å². The maximum atomic E-state index is 11.4. The Morgan fingerprint density at radius 3 is 2.65 bits per heavy atom. The topological polar surface area (TPSA) is 64.6 Å². The second kappa shape index (κ2) is 9.69. The number of unbranched alkanes of at least 4 members (excludes halogenated alkanes) is 2. The fourth-order valence-electron chi connectivity index (χ4n) is 1.06. The van der Waals surface area contributed by atoms with Gasteiger partial charge in [0.25, 0.3) is 0 Å². The van der Waals surface area contributed by atoms with Gasteiger partial charge in [-0.2, -0.15) is 0 Å². The van der Waals surface area contributed by atoms with Gasteiger partial charge in [-0.05, 0) is 13.3 Å². The maximum Gasteiger partial charge on any atom is 0.408 e. The molecule has 1 N–H and O–H groups in total. The largest absolute Gasteiger partial charge is 0.464 e. The van der Waals surface area contributed by atoms with Gasteiger partial charge in [0.15, 0.2) is 0 Å². The zero-order valence-electron chi connectivity index (χ0n) is 10.5. The Labute approximate surface area is 102 Å². The molecule has 0 fully saturated rings. The lowest BCUT2D eigenvalue weighted by Gasteiger charge is -2.12. The van der Waals surface area contributed by atoms with Crippen molar-refractivity contribution in [3.05, 3.63) is 12.7 Å². The molecule has 0 aliphatic rings. The summed E-state index contributed by atoms with van der Waals surface area (Å²) in [5.41, 5.74) is 0. The van der Waals surface area contributed by atoms with Crippen molar-refractivity contribution in [3.63, 3.8) is 0 Å². The van der Waals surface area contributed by atoms with Crippen molar-refractivity contribution in [2.75, 3.05) is 13.2 Å². The number of carbonyl (C=O) groups excluding carboxylic acids is 2. The van der Waals surface area contributed by atoms with Gasteiger partial charge >= 0.3 is 12.1 Å². The standard InChI is InChI=1S/C12H21NO4/c1-4-6-7-9-16-11(14)10(3)13-12(15)17-8-5-2/h5,10H,2,4,6-9H2,1,3H3,(H,13,15). The van der Waals surface area contributed by atoms with Crippen LogP contribution in [0, 0.1) is 0 Å². The lowest BCUT2D eigenvalue weighted by Crippen LogP contribution is -2.40. The smallest absolute Gasteiger partial charge is 0.408 e. The number of amides is 1. The summed E-state index contributed by atoms with van der Waals surface area (Å²) in [7, 11) is 0. The van der Waals surface area contributed by atoms with E-state index in [9.17, 15) is 9.59 Å². The highest BCUT2D eigenvalue weighted by Crippen LogP contribution is 1.96. The molecule has 0 rings (SSSR count). The van der Waals surface area contributed by atoms with Gasteiger partial charge in [-0.1, -0.05) is 32.4 Å². The predicted molar refractivity (Wildman–Crippen MR) is 64.6 cm³/mol. The predicted octanol–water partition coefficient (Wildman–Crippen LogP) is 2.02. The minimum atomic E-state index is -0.700. The summed E-state index contributed by atoms with van der Waals surface area (Å²) in [6.45, 7) is 7.54. The van der Waals surface area contributed by atoms with Crippen molar-refractivity contribution in [2.45, 2.75) is 39.2 Å². The van der Waals surface area contributed by atoms with Crippen LogP contribution in [-0.4, -0.2) is 31.3 Å². The maximum absolute atomic E-state index is 11.4. The molecule has 0 aliphatic heterocycles. The zero-order valence-corrected chi connectivity index (χ0v) is 10.5. The summed E-state index contributed by atoms with van der Waals surface area (Å²) in [5, 5.41) is 2.37. The van der Waals surface area contributed by atoms with Crippen LogP contribution in [0.5, 0.6) is 0 Å². The molecule has 98 valence electrons. The van der Waals surface area contributed by atoms with E-state index in [0.29, 0.717) is 6.61 Å². The van der Waals surface area contributed by atoms with Crippen LogP contribution in [0.1, 0.15) is 33.1 Å². The highest BCUT2D eigenvalue weighted by molar-refractivity contribution is 5.80. The monoisotopic (exact) mass is 243 g/mol. The quantitative estimate of drug-likeness (QED) is 0.402. The van der Waals surface area contributed by atoms with Crippen molar-refractivity contribution < 1.29 is 19.1 Å². The summed E-state index contributed by atoms with van der Waals surface area (Å²) < 4.78 is 9.66. The van der Waals surface area contributed by atoms with Crippen LogP contribution in [0.2, 0.25) is 0 Å². The Bertz CT molecular complexity index is 253. The fraction of sp³-hybridized carbons (Fsp3) is 0.667. The summed E-state index contributed by atoms with van der Waals surface area (Å²) in [6.07, 6.45) is 3.74. The van der Waals surface area contributed by atoms with Crippen molar-refractivity contribution in [2.24, 2.45) is 0 Å². The van der Waals surface area contributed by atoms with Crippen LogP contribution in [0.3, 0.4) is 0 Å². The van der Waals surface area contributed by atoms with Gasteiger partial charge in [0, 0.05) is 0 Å². The van der Waals surface area contributed by atoms with Gasteiger partial charge in [0.2, 0.25) is 0 Å². The number of carbonyl (C=O) groups is 2. The molecular formula is C12H21NO4. The molecule has 0 radical (unpaired) electrons. The summed E-state index contributed by atoms with van der Waals surface area (Å²) in [4.78, 5) is 22.5. The number of hydrogen-bond acceptors (Lipinski definition) is 4. The minimum Gasteiger partial charge on any atom is -0.464 e.